The van der Waals surface area contributed by atoms with Gasteiger partial charge in [0.05, 0.1) is 21.9 Å². The van der Waals surface area contributed by atoms with Crippen LogP contribution in [0, 0.1) is 0 Å². The summed E-state index contributed by atoms with van der Waals surface area (Å²) in [6.45, 7) is 0. The van der Waals surface area contributed by atoms with Gasteiger partial charge in [-0.05, 0) is 15.9 Å². The van der Waals surface area contributed by atoms with Gasteiger partial charge in [0, 0.05) is 23.2 Å². The maximum atomic E-state index is 12.3. The second kappa shape index (κ2) is 5.47. The summed E-state index contributed by atoms with van der Waals surface area (Å²) < 4.78 is 0.873. The molecule has 0 aromatic carbocycles. The predicted molar refractivity (Wildman–Crippen MR) is 86.9 cm³/mol. The fourth-order valence-corrected chi connectivity index (χ4v) is 3.81. The third kappa shape index (κ3) is 2.41. The maximum absolute atomic E-state index is 12.3. The summed E-state index contributed by atoms with van der Waals surface area (Å²) in [5.74, 6) is 0.458. The number of fused-ring (bicyclic) bond motifs is 1. The Bertz CT molecular complexity index is 783. The van der Waals surface area contributed by atoms with E-state index in [-0.39, 0.29) is 5.91 Å². The normalized spacial score (nSPS) is 10.7. The van der Waals surface area contributed by atoms with Gasteiger partial charge in [-0.3, -0.25) is 4.79 Å². The lowest BCUT2D eigenvalue weighted by Crippen LogP contribution is -2.11. The van der Waals surface area contributed by atoms with E-state index < -0.39 is 0 Å². The third-order valence-corrected chi connectivity index (χ3v) is 5.22. The average molecular weight is 369 g/mol. The van der Waals surface area contributed by atoms with Crippen LogP contribution in [0.15, 0.2) is 26.8 Å². The van der Waals surface area contributed by atoms with Gasteiger partial charge in [-0.25, -0.2) is 9.97 Å². The van der Waals surface area contributed by atoms with Gasteiger partial charge in [-0.1, -0.05) is 0 Å². The summed E-state index contributed by atoms with van der Waals surface area (Å²) in [6, 6.07) is 0. The van der Waals surface area contributed by atoms with Crippen LogP contribution in [0.1, 0.15) is 10.4 Å². The molecule has 0 unspecified atom stereocenters. The number of thiophene rings is 2. The lowest BCUT2D eigenvalue weighted by atomic mass is 10.3. The average Bonchev–Trinajstić information content (AvgIpc) is 3.04. The quantitative estimate of drug-likeness (QED) is 0.737. The van der Waals surface area contributed by atoms with Gasteiger partial charge in [-0.2, -0.15) is 0 Å². The number of hydrogen-bond donors (Lipinski definition) is 2. The number of amides is 1. The zero-order valence-electron chi connectivity index (χ0n) is 10.3. The molecule has 0 aliphatic heterocycles. The molecular formula is C12H9BrN4OS2. The summed E-state index contributed by atoms with van der Waals surface area (Å²) >= 11 is 6.32. The standard InChI is InChI=1S/C12H9BrN4OS2/c1-14-9-2-15-12-10(17-9)6(3-20-12)11(18)16-8-5-19-4-7(8)13/h2-5H,1H3,(H,14,17)(H,16,18). The van der Waals surface area contributed by atoms with E-state index in [1.807, 2.05) is 10.8 Å². The van der Waals surface area contributed by atoms with Crippen LogP contribution in [0.5, 0.6) is 0 Å². The van der Waals surface area contributed by atoms with Crippen molar-refractivity contribution in [2.24, 2.45) is 0 Å². The SMILES string of the molecule is CNc1cnc2scc(C(=O)Nc3cscc3Br)c2n1. The number of carbonyl (C=O) groups excluding carboxylic acids is 1. The lowest BCUT2D eigenvalue weighted by Gasteiger charge is -2.03. The monoisotopic (exact) mass is 368 g/mol. The Hall–Kier alpha value is -1.51. The topological polar surface area (TPSA) is 66.9 Å². The number of aromatic nitrogens is 2. The molecule has 3 rings (SSSR count). The summed E-state index contributed by atoms with van der Waals surface area (Å²) in [7, 11) is 1.77. The molecule has 0 saturated carbocycles. The molecule has 0 aliphatic carbocycles. The van der Waals surface area contributed by atoms with Crippen LogP contribution in [0.3, 0.4) is 0 Å². The number of halogens is 1. The van der Waals surface area contributed by atoms with Crippen LogP contribution < -0.4 is 10.6 Å². The number of nitrogens with one attached hydrogen (secondary N) is 2. The fraction of sp³-hybridized carbons (Fsp3) is 0.0833. The highest BCUT2D eigenvalue weighted by Crippen LogP contribution is 2.29. The van der Waals surface area contributed by atoms with E-state index >= 15 is 0 Å². The van der Waals surface area contributed by atoms with Crippen LogP contribution in [-0.2, 0) is 0 Å². The minimum Gasteiger partial charge on any atom is -0.372 e. The first-order valence-electron chi connectivity index (χ1n) is 5.64. The Morgan fingerprint density at radius 2 is 2.20 bits per heavy atom. The van der Waals surface area contributed by atoms with Crippen molar-refractivity contribution in [3.63, 3.8) is 0 Å². The highest BCUT2D eigenvalue weighted by molar-refractivity contribution is 9.10. The van der Waals surface area contributed by atoms with E-state index in [1.165, 1.54) is 22.7 Å². The van der Waals surface area contributed by atoms with Gasteiger partial charge in [0.1, 0.15) is 16.2 Å². The first kappa shape index (κ1) is 13.5. The van der Waals surface area contributed by atoms with Crippen LogP contribution in [0.25, 0.3) is 10.3 Å². The Labute approximate surface area is 131 Å². The smallest absolute Gasteiger partial charge is 0.258 e. The minimum absolute atomic E-state index is 0.182. The molecule has 0 aliphatic rings. The summed E-state index contributed by atoms with van der Waals surface area (Å²) in [5, 5.41) is 11.4. The van der Waals surface area contributed by atoms with Crippen molar-refractivity contribution in [1.29, 1.82) is 0 Å². The molecule has 0 spiro atoms. The van der Waals surface area contributed by atoms with Gasteiger partial charge in [-0.15, -0.1) is 22.7 Å². The molecule has 3 heterocycles. The molecule has 0 bridgehead atoms. The number of nitrogens with zero attached hydrogens (tertiary/aromatic N) is 2. The Morgan fingerprint density at radius 1 is 1.35 bits per heavy atom. The highest BCUT2D eigenvalue weighted by Gasteiger charge is 2.16. The van der Waals surface area contributed by atoms with E-state index in [1.54, 1.807) is 18.6 Å². The van der Waals surface area contributed by atoms with Gasteiger partial charge >= 0.3 is 0 Å². The largest absolute Gasteiger partial charge is 0.372 e. The molecule has 20 heavy (non-hydrogen) atoms. The van der Waals surface area contributed by atoms with Crippen LogP contribution >= 0.6 is 38.6 Å². The molecule has 5 nitrogen and oxygen atoms in total. The van der Waals surface area contributed by atoms with Gasteiger partial charge in [0.25, 0.3) is 5.91 Å². The van der Waals surface area contributed by atoms with E-state index in [9.17, 15) is 4.79 Å². The minimum atomic E-state index is -0.182. The van der Waals surface area contributed by atoms with Crippen molar-refractivity contribution in [2.45, 2.75) is 0 Å². The molecule has 2 N–H and O–H groups in total. The molecular weight excluding hydrogens is 360 g/mol. The molecule has 0 atom stereocenters. The zero-order chi connectivity index (χ0) is 14.1. The fourth-order valence-electron chi connectivity index (χ4n) is 1.65. The van der Waals surface area contributed by atoms with Gasteiger partial charge < -0.3 is 10.6 Å². The maximum Gasteiger partial charge on any atom is 0.258 e. The summed E-state index contributed by atoms with van der Waals surface area (Å²) in [5.41, 5.74) is 1.91. The molecule has 0 radical (unpaired) electrons. The number of anilines is 2. The van der Waals surface area contributed by atoms with Crippen molar-refractivity contribution < 1.29 is 4.79 Å². The second-order valence-electron chi connectivity index (χ2n) is 3.90. The molecule has 0 fully saturated rings. The molecule has 3 aromatic rings. The van der Waals surface area contributed by atoms with E-state index in [0.29, 0.717) is 16.9 Å². The molecule has 102 valence electrons. The number of carbonyl (C=O) groups is 1. The van der Waals surface area contributed by atoms with Crippen molar-refractivity contribution in [3.8, 4) is 0 Å². The zero-order valence-corrected chi connectivity index (χ0v) is 13.5. The van der Waals surface area contributed by atoms with Crippen molar-refractivity contribution in [3.05, 3.63) is 32.4 Å². The van der Waals surface area contributed by atoms with E-state index in [4.69, 9.17) is 0 Å². The number of hydrogen-bond acceptors (Lipinski definition) is 6. The summed E-state index contributed by atoms with van der Waals surface area (Å²) in [4.78, 5) is 21.7. The first-order chi connectivity index (χ1) is 9.69. The van der Waals surface area contributed by atoms with Crippen LogP contribution in [0.2, 0.25) is 0 Å². The molecule has 1 amide bonds. The molecule has 8 heteroatoms. The van der Waals surface area contributed by atoms with E-state index in [2.05, 4.69) is 36.5 Å². The van der Waals surface area contributed by atoms with Gasteiger partial charge in [0.2, 0.25) is 0 Å². The van der Waals surface area contributed by atoms with Crippen molar-refractivity contribution >= 4 is 66.4 Å². The number of rotatable bonds is 3. The van der Waals surface area contributed by atoms with E-state index in [0.717, 1.165) is 15.0 Å². The van der Waals surface area contributed by atoms with Gasteiger partial charge in [0.15, 0.2) is 0 Å². The van der Waals surface area contributed by atoms with Crippen molar-refractivity contribution in [1.82, 2.24) is 9.97 Å². The van der Waals surface area contributed by atoms with Crippen LogP contribution in [0.4, 0.5) is 11.5 Å². The van der Waals surface area contributed by atoms with Crippen molar-refractivity contribution in [2.75, 3.05) is 17.7 Å². The third-order valence-electron chi connectivity index (χ3n) is 2.65. The summed E-state index contributed by atoms with van der Waals surface area (Å²) in [6.07, 6.45) is 1.65. The highest BCUT2D eigenvalue weighted by atomic mass is 79.9. The second-order valence-corrected chi connectivity index (χ2v) is 6.35. The van der Waals surface area contributed by atoms with Crippen LogP contribution in [-0.4, -0.2) is 22.9 Å². The Morgan fingerprint density at radius 3 is 2.90 bits per heavy atom. The lowest BCUT2D eigenvalue weighted by molar-refractivity contribution is 0.102. The molecule has 3 aromatic heterocycles. The molecule has 0 saturated heterocycles. The predicted octanol–water partition coefficient (Wildman–Crippen LogP) is 3.81. The first-order valence-corrected chi connectivity index (χ1v) is 8.25. The Kier molecular flexibility index (Phi) is 3.68. The Balaban J connectivity index is 1.97.